The van der Waals surface area contributed by atoms with Crippen LogP contribution >= 0.6 is 0 Å². The van der Waals surface area contributed by atoms with Crippen molar-refractivity contribution in [3.63, 3.8) is 0 Å². The van der Waals surface area contributed by atoms with E-state index in [1.807, 2.05) is 51.1 Å². The molecule has 3 heterocycles. The summed E-state index contributed by atoms with van der Waals surface area (Å²) in [6, 6.07) is 9.68. The standard InChI is InChI=1S/C26H32N4O5/c1-25(2,3)35-24(32)29-10-9-21-20(13-29)22(28-17-27-21)34-19-11-26(12-19)15-30(16-26)23(31)33-14-18-7-5-4-6-8-18/h4-8,17,19H,9-16H2,1-3H3. The first-order chi connectivity index (χ1) is 16.7. The van der Waals surface area contributed by atoms with Gasteiger partial charge >= 0.3 is 12.2 Å². The second kappa shape index (κ2) is 9.02. The van der Waals surface area contributed by atoms with Crippen LogP contribution in [0, 0.1) is 5.41 Å². The Labute approximate surface area is 205 Å². The van der Waals surface area contributed by atoms with Crippen molar-refractivity contribution < 1.29 is 23.8 Å². The lowest BCUT2D eigenvalue weighted by Crippen LogP contribution is -2.65. The van der Waals surface area contributed by atoms with Crippen LogP contribution in [-0.2, 0) is 29.0 Å². The molecule has 9 heteroatoms. The lowest BCUT2D eigenvalue weighted by molar-refractivity contribution is -0.111. The van der Waals surface area contributed by atoms with E-state index in [4.69, 9.17) is 14.2 Å². The van der Waals surface area contributed by atoms with Crippen LogP contribution in [0.3, 0.4) is 0 Å². The highest BCUT2D eigenvalue weighted by Gasteiger charge is 2.55. The molecule has 186 valence electrons. The summed E-state index contributed by atoms with van der Waals surface area (Å²) in [6.07, 6.45) is 3.33. The van der Waals surface area contributed by atoms with Crippen LogP contribution in [0.2, 0.25) is 0 Å². The smallest absolute Gasteiger partial charge is 0.410 e. The van der Waals surface area contributed by atoms with Crippen molar-refractivity contribution in [2.75, 3.05) is 19.6 Å². The molecular formula is C26H32N4O5. The van der Waals surface area contributed by atoms with Crippen LogP contribution in [0.25, 0.3) is 0 Å². The third-order valence-corrected chi connectivity index (χ3v) is 6.73. The van der Waals surface area contributed by atoms with Crippen LogP contribution in [0.5, 0.6) is 5.88 Å². The number of amides is 2. The van der Waals surface area contributed by atoms with Gasteiger partial charge in [0.1, 0.15) is 24.6 Å². The third kappa shape index (κ3) is 5.18. The van der Waals surface area contributed by atoms with Crippen LogP contribution < -0.4 is 4.74 Å². The van der Waals surface area contributed by atoms with Gasteiger partial charge in [0.05, 0.1) is 17.8 Å². The van der Waals surface area contributed by atoms with Crippen LogP contribution in [0.15, 0.2) is 36.7 Å². The topological polar surface area (TPSA) is 94.1 Å². The molecule has 3 aliphatic rings. The molecule has 1 saturated carbocycles. The normalized spacial score (nSPS) is 18.8. The highest BCUT2D eigenvalue weighted by molar-refractivity contribution is 5.69. The molecule has 1 saturated heterocycles. The molecule has 2 aromatic rings. The van der Waals surface area contributed by atoms with Crippen molar-refractivity contribution in [2.45, 2.75) is 64.9 Å². The Morgan fingerprint density at radius 3 is 2.51 bits per heavy atom. The van der Waals surface area contributed by atoms with Crippen molar-refractivity contribution in [3.8, 4) is 5.88 Å². The number of hydrogen-bond acceptors (Lipinski definition) is 7. The van der Waals surface area contributed by atoms with Gasteiger partial charge in [0.15, 0.2) is 0 Å². The summed E-state index contributed by atoms with van der Waals surface area (Å²) >= 11 is 0. The van der Waals surface area contributed by atoms with Gasteiger partial charge in [-0.15, -0.1) is 0 Å². The maximum Gasteiger partial charge on any atom is 0.410 e. The minimum absolute atomic E-state index is 0.0355. The lowest BCUT2D eigenvalue weighted by atomic mass is 9.62. The summed E-state index contributed by atoms with van der Waals surface area (Å²) in [7, 11) is 0. The maximum absolute atomic E-state index is 12.5. The van der Waals surface area contributed by atoms with Crippen molar-refractivity contribution >= 4 is 12.2 Å². The van der Waals surface area contributed by atoms with Gasteiger partial charge in [-0.2, -0.15) is 0 Å². The van der Waals surface area contributed by atoms with Crippen molar-refractivity contribution in [1.29, 1.82) is 0 Å². The first kappa shape index (κ1) is 23.4. The molecular weight excluding hydrogens is 448 g/mol. The highest BCUT2D eigenvalue weighted by Crippen LogP contribution is 2.50. The van der Waals surface area contributed by atoms with E-state index in [0.29, 0.717) is 38.5 Å². The molecule has 5 rings (SSSR count). The van der Waals surface area contributed by atoms with E-state index >= 15 is 0 Å². The largest absolute Gasteiger partial charge is 0.474 e. The number of benzene rings is 1. The molecule has 1 spiro atoms. The number of nitrogens with zero attached hydrogens (tertiary/aromatic N) is 4. The van der Waals surface area contributed by atoms with Gasteiger partial charge < -0.3 is 24.0 Å². The van der Waals surface area contributed by atoms with Crippen LogP contribution in [0.4, 0.5) is 9.59 Å². The number of carbonyl (C=O) groups excluding carboxylic acids is 2. The predicted octanol–water partition coefficient (Wildman–Crippen LogP) is 3.95. The van der Waals surface area contributed by atoms with E-state index in [1.165, 1.54) is 6.33 Å². The van der Waals surface area contributed by atoms with Gasteiger partial charge in [-0.05, 0) is 39.2 Å². The fourth-order valence-electron chi connectivity index (χ4n) is 5.01. The minimum Gasteiger partial charge on any atom is -0.474 e. The van der Waals surface area contributed by atoms with Gasteiger partial charge in [0.2, 0.25) is 5.88 Å². The molecule has 0 bridgehead atoms. The first-order valence-corrected chi connectivity index (χ1v) is 12.1. The average Bonchev–Trinajstić information content (AvgIpc) is 2.77. The van der Waals surface area contributed by atoms with E-state index in [0.717, 1.165) is 29.7 Å². The maximum atomic E-state index is 12.5. The zero-order chi connectivity index (χ0) is 24.6. The van der Waals surface area contributed by atoms with E-state index < -0.39 is 5.60 Å². The third-order valence-electron chi connectivity index (χ3n) is 6.73. The fraction of sp³-hybridized carbons (Fsp3) is 0.538. The van der Waals surface area contributed by atoms with E-state index in [-0.39, 0.29) is 30.3 Å². The number of aromatic nitrogens is 2. The molecule has 2 aliphatic heterocycles. The molecule has 0 radical (unpaired) electrons. The van der Waals surface area contributed by atoms with Crippen molar-refractivity contribution in [3.05, 3.63) is 53.5 Å². The molecule has 1 aliphatic carbocycles. The summed E-state index contributed by atoms with van der Waals surface area (Å²) in [5.74, 6) is 0.543. The van der Waals surface area contributed by atoms with Crippen molar-refractivity contribution in [2.24, 2.45) is 5.41 Å². The summed E-state index contributed by atoms with van der Waals surface area (Å²) in [6.45, 7) is 8.17. The Balaban J connectivity index is 1.11. The minimum atomic E-state index is -0.547. The zero-order valence-corrected chi connectivity index (χ0v) is 20.5. The number of fused-ring (bicyclic) bond motifs is 1. The molecule has 2 fully saturated rings. The Bertz CT molecular complexity index is 1090. The molecule has 1 aromatic heterocycles. The summed E-state index contributed by atoms with van der Waals surface area (Å²) in [4.78, 5) is 37.1. The number of rotatable bonds is 4. The van der Waals surface area contributed by atoms with Crippen LogP contribution in [-0.4, -0.2) is 63.3 Å². The van der Waals surface area contributed by atoms with E-state index in [9.17, 15) is 9.59 Å². The number of hydrogen-bond donors (Lipinski definition) is 0. The molecule has 0 atom stereocenters. The SMILES string of the molecule is CC(C)(C)OC(=O)N1CCc2ncnc(OC3CC4(C3)CN(C(=O)OCc3ccccc3)C4)c2C1. The van der Waals surface area contributed by atoms with Crippen molar-refractivity contribution in [1.82, 2.24) is 19.8 Å². The fourth-order valence-corrected chi connectivity index (χ4v) is 5.01. The number of likely N-dealkylation sites (tertiary alicyclic amines) is 1. The van der Waals surface area contributed by atoms with Gasteiger partial charge in [-0.25, -0.2) is 19.6 Å². The molecule has 35 heavy (non-hydrogen) atoms. The average molecular weight is 481 g/mol. The molecule has 1 aromatic carbocycles. The molecule has 0 unspecified atom stereocenters. The van der Waals surface area contributed by atoms with E-state index in [1.54, 1.807) is 9.80 Å². The highest BCUT2D eigenvalue weighted by atomic mass is 16.6. The summed E-state index contributed by atoms with van der Waals surface area (Å²) < 4.78 is 17.2. The summed E-state index contributed by atoms with van der Waals surface area (Å²) in [5.41, 5.74) is 2.30. The van der Waals surface area contributed by atoms with Gasteiger partial charge in [0.25, 0.3) is 0 Å². The monoisotopic (exact) mass is 480 g/mol. The molecule has 2 amide bonds. The first-order valence-electron chi connectivity index (χ1n) is 12.1. The second-order valence-corrected chi connectivity index (χ2v) is 10.8. The zero-order valence-electron chi connectivity index (χ0n) is 20.5. The van der Waals surface area contributed by atoms with Gasteiger partial charge in [-0.3, -0.25) is 0 Å². The van der Waals surface area contributed by atoms with Crippen LogP contribution in [0.1, 0.15) is 50.4 Å². The Kier molecular flexibility index (Phi) is 6.02. The van der Waals surface area contributed by atoms with Gasteiger partial charge in [0, 0.05) is 31.5 Å². The Morgan fingerprint density at radius 2 is 1.80 bits per heavy atom. The quantitative estimate of drug-likeness (QED) is 0.654. The number of carbonyl (C=O) groups is 2. The number of ether oxygens (including phenoxy) is 3. The summed E-state index contributed by atoms with van der Waals surface area (Å²) in [5, 5.41) is 0. The lowest BCUT2D eigenvalue weighted by Gasteiger charge is -2.57. The van der Waals surface area contributed by atoms with E-state index in [2.05, 4.69) is 9.97 Å². The predicted molar refractivity (Wildman–Crippen MR) is 127 cm³/mol. The molecule has 9 nitrogen and oxygen atoms in total. The Hall–Kier alpha value is -3.36. The Morgan fingerprint density at radius 1 is 1.06 bits per heavy atom. The van der Waals surface area contributed by atoms with Gasteiger partial charge in [-0.1, -0.05) is 30.3 Å². The second-order valence-electron chi connectivity index (χ2n) is 10.8. The molecule has 0 N–H and O–H groups in total.